The summed E-state index contributed by atoms with van der Waals surface area (Å²) < 4.78 is 0. The maximum atomic E-state index is 11.0. The van der Waals surface area contributed by atoms with Gasteiger partial charge in [-0.2, -0.15) is 5.01 Å². The summed E-state index contributed by atoms with van der Waals surface area (Å²) in [6.07, 6.45) is 1.89. The van der Waals surface area contributed by atoms with E-state index < -0.39 is 24.0 Å². The lowest BCUT2D eigenvalue weighted by molar-refractivity contribution is -0.153. The molecule has 2 unspecified atom stereocenters. The van der Waals surface area contributed by atoms with Crippen LogP contribution in [0.2, 0.25) is 0 Å². The molecule has 0 aliphatic heterocycles. The fourth-order valence-electron chi connectivity index (χ4n) is 1.48. The first-order valence-electron chi connectivity index (χ1n) is 5.10. The van der Waals surface area contributed by atoms with Crippen molar-refractivity contribution in [2.24, 2.45) is 0 Å². The Hall–Kier alpha value is -1.56. The Labute approximate surface area is 94.5 Å². The van der Waals surface area contributed by atoms with Crippen molar-refractivity contribution in [1.29, 1.82) is 0 Å². The lowest BCUT2D eigenvalue weighted by Crippen LogP contribution is -2.55. The number of carboxylic acids is 2. The maximum absolute atomic E-state index is 11.0. The van der Waals surface area contributed by atoms with Crippen molar-refractivity contribution in [3.8, 4) is 0 Å². The largest absolute Gasteiger partial charge is 0.480 e. The normalized spacial score (nSPS) is 14.2. The molecular formula is C10H18N2O4. The standard InChI is InChI=1S/C10H18N2O4/c1-4-7(9(13)14)12(11-6-3)8(5-2)10(15)16/h6-8,11H,3-5H2,1-2H3,(H,13,14)(H,15,16). The Morgan fingerprint density at radius 1 is 1.25 bits per heavy atom. The highest BCUT2D eigenvalue weighted by atomic mass is 16.4. The molecule has 0 aliphatic carbocycles. The molecule has 0 amide bonds. The van der Waals surface area contributed by atoms with Gasteiger partial charge in [0.1, 0.15) is 12.1 Å². The zero-order chi connectivity index (χ0) is 12.7. The molecule has 0 fully saturated rings. The number of nitrogens with zero attached hydrogens (tertiary/aromatic N) is 1. The number of nitrogens with one attached hydrogen (secondary N) is 1. The van der Waals surface area contributed by atoms with Gasteiger partial charge in [-0.25, -0.2) is 0 Å². The molecule has 16 heavy (non-hydrogen) atoms. The minimum Gasteiger partial charge on any atom is -0.480 e. The molecule has 0 spiro atoms. The monoisotopic (exact) mass is 230 g/mol. The van der Waals surface area contributed by atoms with Gasteiger partial charge in [0.2, 0.25) is 0 Å². The molecule has 3 N–H and O–H groups in total. The molecule has 0 aliphatic rings. The second-order valence-corrected chi connectivity index (χ2v) is 3.27. The molecule has 92 valence electrons. The van der Waals surface area contributed by atoms with Crippen LogP contribution in [-0.4, -0.2) is 39.2 Å². The molecule has 0 aromatic heterocycles. The fourth-order valence-corrected chi connectivity index (χ4v) is 1.48. The molecule has 0 rings (SSSR count). The third-order valence-electron chi connectivity index (χ3n) is 2.26. The van der Waals surface area contributed by atoms with Gasteiger partial charge in [-0.3, -0.25) is 9.59 Å². The van der Waals surface area contributed by atoms with E-state index in [2.05, 4.69) is 12.0 Å². The second-order valence-electron chi connectivity index (χ2n) is 3.27. The fraction of sp³-hybridized carbons (Fsp3) is 0.600. The highest BCUT2D eigenvalue weighted by molar-refractivity contribution is 5.77. The first-order chi connectivity index (χ1) is 7.49. The van der Waals surface area contributed by atoms with Gasteiger partial charge in [0.25, 0.3) is 0 Å². The first kappa shape index (κ1) is 14.4. The topological polar surface area (TPSA) is 89.9 Å². The molecule has 0 saturated carbocycles. The lowest BCUT2D eigenvalue weighted by atomic mass is 10.1. The lowest BCUT2D eigenvalue weighted by Gasteiger charge is -2.32. The third kappa shape index (κ3) is 3.54. The van der Waals surface area contributed by atoms with Gasteiger partial charge in [-0.05, 0) is 12.8 Å². The first-order valence-corrected chi connectivity index (χ1v) is 5.10. The molecule has 0 radical (unpaired) electrons. The molecule has 6 heteroatoms. The summed E-state index contributed by atoms with van der Waals surface area (Å²) in [7, 11) is 0. The van der Waals surface area contributed by atoms with Crippen LogP contribution in [-0.2, 0) is 9.59 Å². The quantitative estimate of drug-likeness (QED) is 0.531. The van der Waals surface area contributed by atoms with E-state index in [9.17, 15) is 9.59 Å². The van der Waals surface area contributed by atoms with Gasteiger partial charge in [0.15, 0.2) is 0 Å². The number of hydrazine groups is 1. The van der Waals surface area contributed by atoms with Gasteiger partial charge < -0.3 is 15.6 Å². The van der Waals surface area contributed by atoms with E-state index in [1.165, 1.54) is 11.2 Å². The number of aliphatic carboxylic acids is 2. The van der Waals surface area contributed by atoms with Crippen LogP contribution in [0.1, 0.15) is 26.7 Å². The molecule has 2 atom stereocenters. The van der Waals surface area contributed by atoms with Crippen LogP contribution in [0.25, 0.3) is 0 Å². The SMILES string of the molecule is C=CNN(C(CC)C(=O)O)C(CC)C(=O)O. The average Bonchev–Trinajstić information content (AvgIpc) is 2.18. The van der Waals surface area contributed by atoms with Crippen molar-refractivity contribution in [3.05, 3.63) is 12.8 Å². The van der Waals surface area contributed by atoms with E-state index in [4.69, 9.17) is 10.2 Å². The van der Waals surface area contributed by atoms with Gasteiger partial charge in [-0.1, -0.05) is 20.4 Å². The van der Waals surface area contributed by atoms with Crippen LogP contribution in [0.3, 0.4) is 0 Å². The number of hydrogen-bond acceptors (Lipinski definition) is 4. The molecule has 0 aromatic carbocycles. The molecular weight excluding hydrogens is 212 g/mol. The van der Waals surface area contributed by atoms with Crippen LogP contribution < -0.4 is 5.43 Å². The molecule has 6 nitrogen and oxygen atoms in total. The predicted molar refractivity (Wildman–Crippen MR) is 58.6 cm³/mol. The van der Waals surface area contributed by atoms with Gasteiger partial charge in [0, 0.05) is 6.20 Å². The summed E-state index contributed by atoms with van der Waals surface area (Å²) in [5.41, 5.74) is 2.58. The van der Waals surface area contributed by atoms with Crippen molar-refractivity contribution in [2.75, 3.05) is 0 Å². The Bertz CT molecular complexity index is 246. The Morgan fingerprint density at radius 3 is 1.81 bits per heavy atom. The van der Waals surface area contributed by atoms with Crippen molar-refractivity contribution in [3.63, 3.8) is 0 Å². The average molecular weight is 230 g/mol. The maximum Gasteiger partial charge on any atom is 0.322 e. The Morgan fingerprint density at radius 2 is 1.62 bits per heavy atom. The van der Waals surface area contributed by atoms with E-state index in [1.54, 1.807) is 13.8 Å². The van der Waals surface area contributed by atoms with Crippen molar-refractivity contribution < 1.29 is 19.8 Å². The molecule has 0 heterocycles. The summed E-state index contributed by atoms with van der Waals surface area (Å²) in [6, 6.07) is -1.78. The summed E-state index contributed by atoms with van der Waals surface area (Å²) in [4.78, 5) is 22.0. The minimum absolute atomic E-state index is 0.306. The van der Waals surface area contributed by atoms with Gasteiger partial charge in [-0.15, -0.1) is 0 Å². The number of rotatable bonds is 8. The number of carboxylic acid groups (broad SMARTS) is 2. The van der Waals surface area contributed by atoms with E-state index in [-0.39, 0.29) is 0 Å². The number of carbonyl (C=O) groups is 2. The van der Waals surface area contributed by atoms with Crippen LogP contribution in [0.5, 0.6) is 0 Å². The van der Waals surface area contributed by atoms with E-state index in [1.807, 2.05) is 0 Å². The Kier molecular flexibility index (Phi) is 6.17. The molecule has 0 aromatic rings. The van der Waals surface area contributed by atoms with Crippen LogP contribution in [0.4, 0.5) is 0 Å². The number of hydrogen-bond donors (Lipinski definition) is 3. The summed E-state index contributed by atoms with van der Waals surface area (Å²) in [5.74, 6) is -2.12. The summed E-state index contributed by atoms with van der Waals surface area (Å²) >= 11 is 0. The second kappa shape index (κ2) is 6.84. The van der Waals surface area contributed by atoms with E-state index in [0.29, 0.717) is 12.8 Å². The van der Waals surface area contributed by atoms with E-state index in [0.717, 1.165) is 0 Å². The van der Waals surface area contributed by atoms with Crippen molar-refractivity contribution in [1.82, 2.24) is 10.4 Å². The van der Waals surface area contributed by atoms with Crippen LogP contribution >= 0.6 is 0 Å². The summed E-state index contributed by atoms with van der Waals surface area (Å²) in [6.45, 7) is 6.79. The van der Waals surface area contributed by atoms with Gasteiger partial charge in [0.05, 0.1) is 0 Å². The summed E-state index contributed by atoms with van der Waals surface area (Å²) in [5, 5.41) is 19.2. The van der Waals surface area contributed by atoms with Crippen LogP contribution in [0.15, 0.2) is 12.8 Å². The smallest absolute Gasteiger partial charge is 0.322 e. The van der Waals surface area contributed by atoms with E-state index >= 15 is 0 Å². The zero-order valence-electron chi connectivity index (χ0n) is 9.51. The minimum atomic E-state index is -1.06. The van der Waals surface area contributed by atoms with Crippen molar-refractivity contribution in [2.45, 2.75) is 38.8 Å². The highest BCUT2D eigenvalue weighted by Gasteiger charge is 2.32. The van der Waals surface area contributed by atoms with Crippen molar-refractivity contribution >= 4 is 11.9 Å². The Balaban J connectivity index is 5.00. The third-order valence-corrected chi connectivity index (χ3v) is 2.26. The van der Waals surface area contributed by atoms with Crippen LogP contribution in [0, 0.1) is 0 Å². The predicted octanol–water partition coefficient (Wildman–Crippen LogP) is 0.663. The zero-order valence-corrected chi connectivity index (χ0v) is 9.51. The molecule has 0 saturated heterocycles. The molecule has 0 bridgehead atoms. The van der Waals surface area contributed by atoms with Gasteiger partial charge >= 0.3 is 11.9 Å². The highest BCUT2D eigenvalue weighted by Crippen LogP contribution is 2.10.